The maximum absolute atomic E-state index is 12.0. The summed E-state index contributed by atoms with van der Waals surface area (Å²) in [6.45, 7) is 6.02. The molecule has 0 saturated carbocycles. The van der Waals surface area contributed by atoms with Gasteiger partial charge in [0, 0.05) is 5.56 Å². The monoisotopic (exact) mass is 354 g/mol. The molecule has 0 radical (unpaired) electrons. The van der Waals surface area contributed by atoms with Crippen LogP contribution in [0.1, 0.15) is 16.7 Å². The Hall–Kier alpha value is -2.86. The summed E-state index contributed by atoms with van der Waals surface area (Å²) in [5, 5.41) is 14.4. The van der Waals surface area contributed by atoms with Crippen LogP contribution >= 0.6 is 0 Å². The van der Waals surface area contributed by atoms with Gasteiger partial charge in [-0.25, -0.2) is 4.79 Å². The summed E-state index contributed by atoms with van der Waals surface area (Å²) in [5.41, 5.74) is 3.88. The Morgan fingerprint density at radius 2 is 1.81 bits per heavy atom. The van der Waals surface area contributed by atoms with E-state index in [1.807, 2.05) is 51.1 Å². The quantitative estimate of drug-likeness (QED) is 0.736. The van der Waals surface area contributed by atoms with E-state index >= 15 is 0 Å². The third-order valence-electron chi connectivity index (χ3n) is 4.30. The smallest absolute Gasteiger partial charge is 0.437 e. The van der Waals surface area contributed by atoms with Crippen molar-refractivity contribution in [3.8, 4) is 17.2 Å². The molecule has 6 nitrogen and oxygen atoms in total. The van der Waals surface area contributed by atoms with Crippen molar-refractivity contribution in [2.45, 2.75) is 33.4 Å². The molecule has 0 amide bonds. The largest absolute Gasteiger partial charge is 0.490 e. The van der Waals surface area contributed by atoms with Gasteiger partial charge in [-0.2, -0.15) is 4.68 Å². The van der Waals surface area contributed by atoms with Gasteiger partial charge in [0.25, 0.3) is 0 Å². The number of aryl methyl sites for hydroxylation is 2. The summed E-state index contributed by atoms with van der Waals surface area (Å²) in [5.74, 6) is 0.390. The van der Waals surface area contributed by atoms with Gasteiger partial charge < -0.3 is 14.3 Å². The standard InChI is InChI=1S/C20H22N2O4/c1-13-9-10-14(2)18(15(13)3)25-12-17(23)11-22-20(24)26-19(21-22)16-7-5-4-6-8-16/h4-10,17,23H,11-12H2,1-3H3. The minimum Gasteiger partial charge on any atom is -0.490 e. The fraction of sp³-hybridized carbons (Fsp3) is 0.300. The van der Waals surface area contributed by atoms with Crippen molar-refractivity contribution in [1.29, 1.82) is 0 Å². The van der Waals surface area contributed by atoms with Crippen molar-refractivity contribution in [3.63, 3.8) is 0 Å². The van der Waals surface area contributed by atoms with Gasteiger partial charge in [-0.05, 0) is 49.6 Å². The fourth-order valence-electron chi connectivity index (χ4n) is 2.70. The second kappa shape index (κ2) is 7.58. The molecule has 136 valence electrons. The van der Waals surface area contributed by atoms with E-state index in [1.54, 1.807) is 12.1 Å². The topological polar surface area (TPSA) is 77.5 Å². The predicted octanol–water partition coefficient (Wildman–Crippen LogP) is 2.87. The average Bonchev–Trinajstić information content (AvgIpc) is 3.00. The third kappa shape index (κ3) is 3.86. The Morgan fingerprint density at radius 3 is 2.54 bits per heavy atom. The van der Waals surface area contributed by atoms with Crippen LogP contribution in [0.25, 0.3) is 11.5 Å². The van der Waals surface area contributed by atoms with Crippen molar-refractivity contribution < 1.29 is 14.3 Å². The molecule has 0 spiro atoms. The van der Waals surface area contributed by atoms with Gasteiger partial charge in [-0.3, -0.25) is 0 Å². The number of hydrogen-bond acceptors (Lipinski definition) is 5. The number of hydrogen-bond donors (Lipinski definition) is 1. The van der Waals surface area contributed by atoms with Gasteiger partial charge >= 0.3 is 5.76 Å². The molecule has 1 atom stereocenters. The molecule has 0 bridgehead atoms. The lowest BCUT2D eigenvalue weighted by molar-refractivity contribution is 0.0869. The summed E-state index contributed by atoms with van der Waals surface area (Å²) in [7, 11) is 0. The highest BCUT2D eigenvalue weighted by Crippen LogP contribution is 2.25. The molecule has 1 N–H and O–H groups in total. The molecule has 3 rings (SSSR count). The molecular formula is C20H22N2O4. The van der Waals surface area contributed by atoms with Crippen LogP contribution in [0, 0.1) is 20.8 Å². The highest BCUT2D eigenvalue weighted by Gasteiger charge is 2.15. The Kier molecular flexibility index (Phi) is 5.23. The zero-order chi connectivity index (χ0) is 18.7. The highest BCUT2D eigenvalue weighted by atomic mass is 16.5. The first-order valence-corrected chi connectivity index (χ1v) is 8.46. The number of aliphatic hydroxyl groups is 1. The molecule has 0 fully saturated rings. The van der Waals surface area contributed by atoms with Crippen LogP contribution in [0.2, 0.25) is 0 Å². The van der Waals surface area contributed by atoms with Crippen LogP contribution in [-0.4, -0.2) is 27.6 Å². The highest BCUT2D eigenvalue weighted by molar-refractivity contribution is 5.51. The molecular weight excluding hydrogens is 332 g/mol. The molecule has 2 aromatic carbocycles. The van der Waals surface area contributed by atoms with Crippen molar-refractivity contribution in [2.75, 3.05) is 6.61 Å². The molecule has 0 aliphatic rings. The van der Waals surface area contributed by atoms with E-state index in [2.05, 4.69) is 5.10 Å². The molecule has 0 saturated heterocycles. The van der Waals surface area contributed by atoms with E-state index in [1.165, 1.54) is 0 Å². The lowest BCUT2D eigenvalue weighted by atomic mass is 10.1. The number of rotatable bonds is 6. The number of aliphatic hydroxyl groups excluding tert-OH is 1. The third-order valence-corrected chi connectivity index (χ3v) is 4.30. The molecule has 26 heavy (non-hydrogen) atoms. The van der Waals surface area contributed by atoms with Crippen LogP contribution in [0.15, 0.2) is 51.7 Å². The maximum atomic E-state index is 12.0. The summed E-state index contributed by atoms with van der Waals surface area (Å²) in [6, 6.07) is 13.2. The van der Waals surface area contributed by atoms with E-state index in [4.69, 9.17) is 9.15 Å². The van der Waals surface area contributed by atoms with E-state index < -0.39 is 11.9 Å². The van der Waals surface area contributed by atoms with Crippen molar-refractivity contribution in [2.24, 2.45) is 0 Å². The maximum Gasteiger partial charge on any atom is 0.437 e. The summed E-state index contributed by atoms with van der Waals surface area (Å²) >= 11 is 0. The average molecular weight is 354 g/mol. The first-order chi connectivity index (χ1) is 12.5. The second-order valence-corrected chi connectivity index (χ2v) is 6.34. The number of benzene rings is 2. The Labute approximate surface area is 151 Å². The van der Waals surface area contributed by atoms with Crippen molar-refractivity contribution in [1.82, 2.24) is 9.78 Å². The molecule has 0 aliphatic heterocycles. The number of ether oxygens (including phenoxy) is 1. The van der Waals surface area contributed by atoms with Gasteiger partial charge in [-0.15, -0.1) is 5.10 Å². The minimum absolute atomic E-state index is 0.000915. The number of aromatic nitrogens is 2. The molecule has 1 heterocycles. The number of nitrogens with zero attached hydrogens (tertiary/aromatic N) is 2. The van der Waals surface area contributed by atoms with Crippen LogP contribution in [0.4, 0.5) is 0 Å². The van der Waals surface area contributed by atoms with Crippen LogP contribution < -0.4 is 10.5 Å². The predicted molar refractivity (Wildman–Crippen MR) is 98.4 cm³/mol. The van der Waals surface area contributed by atoms with E-state index in [9.17, 15) is 9.90 Å². The van der Waals surface area contributed by atoms with Gasteiger partial charge in [0.2, 0.25) is 5.89 Å². The lowest BCUT2D eigenvalue weighted by Gasteiger charge is -2.16. The van der Waals surface area contributed by atoms with E-state index in [0.717, 1.165) is 27.1 Å². The molecule has 1 unspecified atom stereocenters. The fourth-order valence-corrected chi connectivity index (χ4v) is 2.70. The lowest BCUT2D eigenvalue weighted by Crippen LogP contribution is -2.29. The van der Waals surface area contributed by atoms with Crippen molar-refractivity contribution in [3.05, 3.63) is 69.7 Å². The zero-order valence-electron chi connectivity index (χ0n) is 15.1. The van der Waals surface area contributed by atoms with Gasteiger partial charge in [0.05, 0.1) is 6.54 Å². The zero-order valence-corrected chi connectivity index (χ0v) is 15.1. The first-order valence-electron chi connectivity index (χ1n) is 8.46. The Balaban J connectivity index is 1.68. The summed E-state index contributed by atoms with van der Waals surface area (Å²) in [4.78, 5) is 12.0. The SMILES string of the molecule is Cc1ccc(C)c(OCC(O)Cn2nc(-c3ccccc3)oc2=O)c1C. The van der Waals surface area contributed by atoms with Crippen LogP contribution in [0.3, 0.4) is 0 Å². The van der Waals surface area contributed by atoms with Crippen molar-refractivity contribution >= 4 is 0 Å². The molecule has 3 aromatic rings. The van der Waals surface area contributed by atoms with Crippen LogP contribution in [0.5, 0.6) is 5.75 Å². The molecule has 0 aliphatic carbocycles. The van der Waals surface area contributed by atoms with Crippen LogP contribution in [-0.2, 0) is 6.54 Å². The summed E-state index contributed by atoms with van der Waals surface area (Å²) in [6.07, 6.45) is -0.888. The first kappa shape index (κ1) is 17.9. The van der Waals surface area contributed by atoms with Gasteiger partial charge in [-0.1, -0.05) is 30.3 Å². The van der Waals surface area contributed by atoms with E-state index in [0.29, 0.717) is 5.56 Å². The second-order valence-electron chi connectivity index (χ2n) is 6.34. The summed E-state index contributed by atoms with van der Waals surface area (Å²) < 4.78 is 12.1. The molecule has 6 heteroatoms. The molecule has 1 aromatic heterocycles. The Bertz CT molecular complexity index is 944. The minimum atomic E-state index is -0.888. The van der Waals surface area contributed by atoms with Gasteiger partial charge in [0.1, 0.15) is 18.5 Å². The Morgan fingerprint density at radius 1 is 1.12 bits per heavy atom. The van der Waals surface area contributed by atoms with E-state index in [-0.39, 0.29) is 19.0 Å². The van der Waals surface area contributed by atoms with Gasteiger partial charge in [0.15, 0.2) is 0 Å². The normalized spacial score (nSPS) is 12.2.